The lowest BCUT2D eigenvalue weighted by molar-refractivity contribution is -0.384. The molecule has 1 rings (SSSR count). The molecule has 0 saturated carbocycles. The molecule has 16 heavy (non-hydrogen) atoms. The number of carbonyl (C=O) groups is 1. The van der Waals surface area contributed by atoms with Crippen LogP contribution in [0.2, 0.25) is 0 Å². The number of hydrogen-bond acceptors (Lipinski definition) is 5. The Labute approximate surface area is 97.4 Å². The van der Waals surface area contributed by atoms with Crippen LogP contribution in [-0.2, 0) is 4.79 Å². The zero-order valence-electron chi connectivity index (χ0n) is 8.29. The summed E-state index contributed by atoms with van der Waals surface area (Å²) in [5.74, 6) is -0.136. The second kappa shape index (κ2) is 5.47. The van der Waals surface area contributed by atoms with Gasteiger partial charge in [0, 0.05) is 23.6 Å². The number of benzene rings is 1. The van der Waals surface area contributed by atoms with Gasteiger partial charge in [0.1, 0.15) is 0 Å². The Kier molecular flexibility index (Phi) is 4.27. The van der Waals surface area contributed by atoms with Gasteiger partial charge in [-0.15, -0.1) is 0 Å². The first kappa shape index (κ1) is 12.5. The number of anilines is 1. The molecule has 3 N–H and O–H groups in total. The summed E-state index contributed by atoms with van der Waals surface area (Å²) in [6.45, 7) is 0. The lowest BCUT2D eigenvalue weighted by Gasteiger charge is -2.09. The van der Waals surface area contributed by atoms with Crippen LogP contribution >= 0.6 is 12.6 Å². The van der Waals surface area contributed by atoms with Crippen molar-refractivity contribution >= 4 is 29.9 Å². The molecule has 1 aromatic carbocycles. The van der Waals surface area contributed by atoms with Gasteiger partial charge in [0.25, 0.3) is 5.69 Å². The monoisotopic (exact) mass is 241 g/mol. The van der Waals surface area contributed by atoms with E-state index in [0.29, 0.717) is 5.69 Å². The van der Waals surface area contributed by atoms with Crippen LogP contribution in [0.5, 0.6) is 0 Å². The van der Waals surface area contributed by atoms with Crippen LogP contribution in [0.4, 0.5) is 11.4 Å². The molecular formula is C9H11N3O3S. The molecule has 0 saturated heterocycles. The van der Waals surface area contributed by atoms with E-state index in [4.69, 9.17) is 5.73 Å². The average molecular weight is 241 g/mol. The van der Waals surface area contributed by atoms with E-state index in [0.717, 1.165) is 0 Å². The van der Waals surface area contributed by atoms with Gasteiger partial charge in [-0.1, -0.05) is 0 Å². The number of carbonyl (C=O) groups excluding carboxylic acids is 1. The average Bonchev–Trinajstić information content (AvgIpc) is 2.28. The molecule has 0 bridgehead atoms. The molecule has 0 aliphatic carbocycles. The summed E-state index contributed by atoms with van der Waals surface area (Å²) in [7, 11) is 0. The Hall–Kier alpha value is -1.60. The minimum Gasteiger partial charge on any atom is -0.325 e. The van der Waals surface area contributed by atoms with Crippen molar-refractivity contribution in [2.24, 2.45) is 5.73 Å². The summed E-state index contributed by atoms with van der Waals surface area (Å²) in [6, 6.07) is 4.81. The first-order chi connectivity index (χ1) is 7.54. The topological polar surface area (TPSA) is 98.3 Å². The van der Waals surface area contributed by atoms with Crippen LogP contribution in [0.25, 0.3) is 0 Å². The Bertz CT molecular complexity index is 393. The van der Waals surface area contributed by atoms with Crippen LogP contribution in [0, 0.1) is 10.1 Å². The third-order valence-electron chi connectivity index (χ3n) is 1.88. The molecule has 0 aromatic heterocycles. The Morgan fingerprint density at radius 2 is 2.06 bits per heavy atom. The van der Waals surface area contributed by atoms with E-state index >= 15 is 0 Å². The molecule has 0 unspecified atom stereocenters. The molecule has 0 heterocycles. The van der Waals surface area contributed by atoms with E-state index in [9.17, 15) is 14.9 Å². The van der Waals surface area contributed by atoms with Crippen molar-refractivity contribution in [2.75, 3.05) is 11.1 Å². The van der Waals surface area contributed by atoms with Gasteiger partial charge >= 0.3 is 0 Å². The number of nitro groups is 1. The fourth-order valence-corrected chi connectivity index (χ4v) is 1.15. The quantitative estimate of drug-likeness (QED) is 0.412. The van der Waals surface area contributed by atoms with Crippen LogP contribution in [0.15, 0.2) is 24.3 Å². The maximum Gasteiger partial charge on any atom is 0.269 e. The maximum atomic E-state index is 11.3. The number of nitro benzene ring substituents is 1. The van der Waals surface area contributed by atoms with Crippen molar-refractivity contribution in [2.45, 2.75) is 6.04 Å². The van der Waals surface area contributed by atoms with E-state index in [2.05, 4.69) is 17.9 Å². The highest BCUT2D eigenvalue weighted by Crippen LogP contribution is 2.15. The lowest BCUT2D eigenvalue weighted by Crippen LogP contribution is -2.37. The van der Waals surface area contributed by atoms with E-state index in [1.54, 1.807) is 0 Å². The standard InChI is InChI=1S/C9H11N3O3S/c10-8(5-16)9(13)11-6-1-3-7(4-2-6)12(14)15/h1-4,8,16H,5,10H2,(H,11,13)/t8-/m0/s1. The zero-order chi connectivity index (χ0) is 12.1. The summed E-state index contributed by atoms with van der Waals surface area (Å²) in [5, 5.41) is 12.9. The van der Waals surface area contributed by atoms with Gasteiger partial charge in [-0.05, 0) is 12.1 Å². The second-order valence-corrected chi connectivity index (χ2v) is 3.45. The number of hydrogen-bond donors (Lipinski definition) is 3. The Morgan fingerprint density at radius 3 is 2.50 bits per heavy atom. The van der Waals surface area contributed by atoms with Crippen molar-refractivity contribution in [3.63, 3.8) is 0 Å². The number of nitrogens with zero attached hydrogens (tertiary/aromatic N) is 1. The highest BCUT2D eigenvalue weighted by atomic mass is 32.1. The van der Waals surface area contributed by atoms with Gasteiger partial charge in [-0.3, -0.25) is 14.9 Å². The van der Waals surface area contributed by atoms with E-state index in [1.165, 1.54) is 24.3 Å². The molecule has 0 aliphatic rings. The first-order valence-electron chi connectivity index (χ1n) is 4.46. The molecular weight excluding hydrogens is 230 g/mol. The van der Waals surface area contributed by atoms with Crippen molar-refractivity contribution < 1.29 is 9.72 Å². The fourth-order valence-electron chi connectivity index (χ4n) is 0.984. The highest BCUT2D eigenvalue weighted by Gasteiger charge is 2.12. The molecule has 0 fully saturated rings. The third kappa shape index (κ3) is 3.21. The minimum atomic E-state index is -0.696. The summed E-state index contributed by atoms with van der Waals surface area (Å²) < 4.78 is 0. The van der Waals surface area contributed by atoms with E-state index < -0.39 is 11.0 Å². The second-order valence-electron chi connectivity index (χ2n) is 3.08. The molecule has 86 valence electrons. The zero-order valence-corrected chi connectivity index (χ0v) is 9.18. The minimum absolute atomic E-state index is 0.0310. The van der Waals surface area contributed by atoms with Crippen LogP contribution < -0.4 is 11.1 Å². The van der Waals surface area contributed by atoms with Gasteiger partial charge < -0.3 is 11.1 Å². The molecule has 6 nitrogen and oxygen atoms in total. The number of nitrogens with one attached hydrogen (secondary N) is 1. The molecule has 1 aromatic rings. The van der Waals surface area contributed by atoms with E-state index in [1.807, 2.05) is 0 Å². The van der Waals surface area contributed by atoms with Crippen LogP contribution in [0.3, 0.4) is 0 Å². The molecule has 0 spiro atoms. The summed E-state index contributed by atoms with van der Waals surface area (Å²) >= 11 is 3.89. The van der Waals surface area contributed by atoms with Crippen LogP contribution in [-0.4, -0.2) is 22.6 Å². The number of amides is 1. The van der Waals surface area contributed by atoms with Gasteiger partial charge in [0.15, 0.2) is 0 Å². The summed E-state index contributed by atoms with van der Waals surface area (Å²) in [4.78, 5) is 21.2. The number of nitrogens with two attached hydrogens (primary N) is 1. The smallest absolute Gasteiger partial charge is 0.269 e. The number of rotatable bonds is 4. The van der Waals surface area contributed by atoms with Crippen molar-refractivity contribution in [1.82, 2.24) is 0 Å². The van der Waals surface area contributed by atoms with Crippen molar-refractivity contribution in [3.05, 3.63) is 34.4 Å². The summed E-state index contributed by atoms with van der Waals surface area (Å²) in [5.41, 5.74) is 5.88. The third-order valence-corrected chi connectivity index (χ3v) is 2.27. The molecule has 1 amide bonds. The Morgan fingerprint density at radius 1 is 1.50 bits per heavy atom. The van der Waals surface area contributed by atoms with E-state index in [-0.39, 0.29) is 17.3 Å². The van der Waals surface area contributed by atoms with Gasteiger partial charge in [0.2, 0.25) is 5.91 Å². The molecule has 0 radical (unpaired) electrons. The SMILES string of the molecule is N[C@@H](CS)C(=O)Nc1ccc([N+](=O)[O-])cc1. The fraction of sp³-hybridized carbons (Fsp3) is 0.222. The highest BCUT2D eigenvalue weighted by molar-refractivity contribution is 7.80. The van der Waals surface area contributed by atoms with Gasteiger partial charge in [-0.2, -0.15) is 12.6 Å². The molecule has 1 atom stereocenters. The number of non-ortho nitro benzene ring substituents is 1. The largest absolute Gasteiger partial charge is 0.325 e. The van der Waals surface area contributed by atoms with Gasteiger partial charge in [0.05, 0.1) is 11.0 Å². The maximum absolute atomic E-state index is 11.3. The summed E-state index contributed by atoms with van der Waals surface area (Å²) in [6.07, 6.45) is 0. The van der Waals surface area contributed by atoms with Gasteiger partial charge in [-0.25, -0.2) is 0 Å². The lowest BCUT2D eigenvalue weighted by atomic mass is 10.2. The normalized spacial score (nSPS) is 11.9. The Balaban J connectivity index is 2.69. The molecule has 7 heteroatoms. The predicted molar refractivity (Wildman–Crippen MR) is 63.6 cm³/mol. The molecule has 0 aliphatic heterocycles. The van der Waals surface area contributed by atoms with Crippen molar-refractivity contribution in [1.29, 1.82) is 0 Å². The first-order valence-corrected chi connectivity index (χ1v) is 5.09. The predicted octanol–water partition coefficient (Wildman–Crippen LogP) is 0.790. The van der Waals surface area contributed by atoms with Crippen LogP contribution in [0.1, 0.15) is 0 Å². The van der Waals surface area contributed by atoms with Crippen molar-refractivity contribution in [3.8, 4) is 0 Å². The number of thiol groups is 1.